The molecule has 0 aliphatic carbocycles. The predicted molar refractivity (Wildman–Crippen MR) is 130 cm³/mol. The van der Waals surface area contributed by atoms with Crippen LogP contribution in [-0.2, 0) is 13.2 Å². The monoisotopic (exact) mass is 471 g/mol. The normalized spacial score (nSPS) is 10.8. The van der Waals surface area contributed by atoms with Gasteiger partial charge in [0.1, 0.15) is 6.61 Å². The topological polar surface area (TPSA) is 30.5 Å². The van der Waals surface area contributed by atoms with Crippen LogP contribution in [0, 0.1) is 0 Å². The molecule has 0 heterocycles. The van der Waals surface area contributed by atoms with Crippen molar-refractivity contribution in [2.75, 3.05) is 12.4 Å². The maximum Gasteiger partial charge on any atom is 0.163 e. The van der Waals surface area contributed by atoms with Gasteiger partial charge in [0.25, 0.3) is 0 Å². The van der Waals surface area contributed by atoms with Crippen LogP contribution in [0.25, 0.3) is 10.8 Å². The van der Waals surface area contributed by atoms with Gasteiger partial charge < -0.3 is 14.8 Å². The highest BCUT2D eigenvalue weighted by Crippen LogP contribution is 2.35. The molecule has 0 aromatic heterocycles. The van der Waals surface area contributed by atoms with Gasteiger partial charge in [0, 0.05) is 44.3 Å². The Balaban J connectivity index is 1.52. The molecule has 6 heteroatoms. The Bertz CT molecular complexity index is 1220. The number of benzene rings is 4. The number of fused-ring (bicyclic) bond motifs is 1. The van der Waals surface area contributed by atoms with Crippen molar-refractivity contribution in [3.63, 3.8) is 0 Å². The Morgan fingerprint density at radius 2 is 1.55 bits per heavy atom. The molecule has 0 aliphatic rings. The summed E-state index contributed by atoms with van der Waals surface area (Å²) < 4.78 is 11.5. The van der Waals surface area contributed by atoms with E-state index in [1.165, 1.54) is 5.39 Å². The Labute approximate surface area is 196 Å². The average Bonchev–Trinajstić information content (AvgIpc) is 2.78. The minimum Gasteiger partial charge on any atom is -0.493 e. The molecule has 1 N–H and O–H groups in total. The molecule has 3 nitrogen and oxygen atoms in total. The number of nitrogens with one attached hydrogen (secondary N) is 1. The van der Waals surface area contributed by atoms with Gasteiger partial charge in [0.15, 0.2) is 11.5 Å². The van der Waals surface area contributed by atoms with Gasteiger partial charge in [0.2, 0.25) is 0 Å². The molecule has 4 rings (SSSR count). The third-order valence-corrected chi connectivity index (χ3v) is 5.93. The van der Waals surface area contributed by atoms with Crippen molar-refractivity contribution in [2.24, 2.45) is 0 Å². The van der Waals surface area contributed by atoms with Crippen LogP contribution in [0.2, 0.25) is 15.1 Å². The number of rotatable bonds is 7. The van der Waals surface area contributed by atoms with Crippen LogP contribution in [-0.4, -0.2) is 7.11 Å². The molecule has 158 valence electrons. The van der Waals surface area contributed by atoms with Crippen LogP contribution in [0.15, 0.2) is 72.8 Å². The first-order valence-corrected chi connectivity index (χ1v) is 10.8. The predicted octanol–water partition coefficient (Wildman–Crippen LogP) is 8.00. The molecule has 0 spiro atoms. The molecule has 0 saturated heterocycles. The summed E-state index contributed by atoms with van der Waals surface area (Å²) in [5.41, 5.74) is 2.78. The molecule has 0 aliphatic heterocycles. The van der Waals surface area contributed by atoms with E-state index in [4.69, 9.17) is 44.3 Å². The molecule has 0 amide bonds. The van der Waals surface area contributed by atoms with Gasteiger partial charge in [-0.15, -0.1) is 0 Å². The molecule has 0 bridgehead atoms. The van der Waals surface area contributed by atoms with Crippen LogP contribution in [0.4, 0.5) is 5.69 Å². The number of hydrogen-bond donors (Lipinski definition) is 1. The van der Waals surface area contributed by atoms with Gasteiger partial charge in [-0.05, 0) is 35.2 Å². The minimum absolute atomic E-state index is 0.274. The summed E-state index contributed by atoms with van der Waals surface area (Å²) in [5.74, 6) is 1.15. The van der Waals surface area contributed by atoms with E-state index in [2.05, 4.69) is 29.6 Å². The van der Waals surface area contributed by atoms with Crippen molar-refractivity contribution in [1.29, 1.82) is 0 Å². The van der Waals surface area contributed by atoms with Gasteiger partial charge in [0.05, 0.1) is 7.11 Å². The first-order chi connectivity index (χ1) is 15.0. The number of halogens is 3. The summed E-state index contributed by atoms with van der Waals surface area (Å²) in [6.45, 7) is 0.822. The lowest BCUT2D eigenvalue weighted by molar-refractivity contribution is 0.284. The van der Waals surface area contributed by atoms with E-state index in [0.717, 1.165) is 22.2 Å². The van der Waals surface area contributed by atoms with Crippen LogP contribution < -0.4 is 14.8 Å². The summed E-state index contributed by atoms with van der Waals surface area (Å²) in [7, 11) is 1.60. The van der Waals surface area contributed by atoms with Gasteiger partial charge in [-0.1, -0.05) is 77.3 Å². The molecule has 0 radical (unpaired) electrons. The van der Waals surface area contributed by atoms with Crippen LogP contribution in [0.5, 0.6) is 11.5 Å². The summed E-state index contributed by atoms with van der Waals surface area (Å²) in [4.78, 5) is 0. The Morgan fingerprint density at radius 1 is 0.774 bits per heavy atom. The highest BCUT2D eigenvalue weighted by molar-refractivity contribution is 6.35. The first-order valence-electron chi connectivity index (χ1n) is 9.70. The molecule has 31 heavy (non-hydrogen) atoms. The molecule has 0 unspecified atom stereocenters. The SMILES string of the molecule is COc1cc(CNc2cccc3ccccc23)c(Cl)cc1OCc1ccc(Cl)cc1Cl. The lowest BCUT2D eigenvalue weighted by Crippen LogP contribution is -2.03. The van der Waals surface area contributed by atoms with Crippen molar-refractivity contribution in [1.82, 2.24) is 0 Å². The zero-order valence-electron chi connectivity index (χ0n) is 16.8. The van der Waals surface area contributed by atoms with Crippen molar-refractivity contribution in [2.45, 2.75) is 13.2 Å². The Morgan fingerprint density at radius 3 is 2.35 bits per heavy atom. The molecule has 0 atom stereocenters. The smallest absolute Gasteiger partial charge is 0.163 e. The highest BCUT2D eigenvalue weighted by Gasteiger charge is 2.12. The van der Waals surface area contributed by atoms with Gasteiger partial charge in [-0.3, -0.25) is 0 Å². The van der Waals surface area contributed by atoms with Crippen LogP contribution in [0.3, 0.4) is 0 Å². The fourth-order valence-electron chi connectivity index (χ4n) is 3.35. The number of anilines is 1. The van der Waals surface area contributed by atoms with Crippen molar-refractivity contribution in [3.05, 3.63) is 99.0 Å². The highest BCUT2D eigenvalue weighted by atomic mass is 35.5. The molecular formula is C25H20Cl3NO2. The molecule has 0 saturated carbocycles. The lowest BCUT2D eigenvalue weighted by Gasteiger charge is -2.16. The standard InChI is InChI=1S/C25H20Cl3NO2/c1-30-24-11-18(14-29-23-8-4-6-16-5-2-3-7-20(16)23)22(28)13-25(24)31-15-17-9-10-19(26)12-21(17)27/h2-13,29H,14-15H2,1H3. The van der Waals surface area contributed by atoms with E-state index < -0.39 is 0 Å². The van der Waals surface area contributed by atoms with E-state index >= 15 is 0 Å². The number of methoxy groups -OCH3 is 1. The van der Waals surface area contributed by atoms with Gasteiger partial charge in [-0.25, -0.2) is 0 Å². The van der Waals surface area contributed by atoms with E-state index in [9.17, 15) is 0 Å². The van der Waals surface area contributed by atoms with E-state index in [1.807, 2.05) is 30.3 Å². The molecular weight excluding hydrogens is 453 g/mol. The minimum atomic E-state index is 0.274. The third-order valence-electron chi connectivity index (χ3n) is 4.99. The zero-order chi connectivity index (χ0) is 21.8. The van der Waals surface area contributed by atoms with E-state index in [-0.39, 0.29) is 6.61 Å². The van der Waals surface area contributed by atoms with Crippen LogP contribution >= 0.6 is 34.8 Å². The third kappa shape index (κ3) is 5.01. The summed E-state index contributed by atoms with van der Waals surface area (Å²) >= 11 is 18.8. The second kappa shape index (κ2) is 9.69. The van der Waals surface area contributed by atoms with E-state index in [1.54, 1.807) is 25.3 Å². The largest absolute Gasteiger partial charge is 0.493 e. The molecule has 4 aromatic rings. The van der Waals surface area contributed by atoms with Crippen molar-refractivity contribution >= 4 is 51.3 Å². The van der Waals surface area contributed by atoms with E-state index in [0.29, 0.717) is 33.1 Å². The second-order valence-electron chi connectivity index (χ2n) is 7.00. The average molecular weight is 473 g/mol. The maximum absolute atomic E-state index is 6.56. The van der Waals surface area contributed by atoms with Gasteiger partial charge >= 0.3 is 0 Å². The number of ether oxygens (including phenoxy) is 2. The molecule has 0 fully saturated rings. The summed E-state index contributed by atoms with van der Waals surface area (Å²) in [6, 6.07) is 23.4. The Hall–Kier alpha value is -2.59. The van der Waals surface area contributed by atoms with Gasteiger partial charge in [-0.2, -0.15) is 0 Å². The maximum atomic E-state index is 6.56. The summed E-state index contributed by atoms with van der Waals surface area (Å²) in [5, 5.41) is 7.54. The van der Waals surface area contributed by atoms with Crippen molar-refractivity contribution < 1.29 is 9.47 Å². The second-order valence-corrected chi connectivity index (χ2v) is 8.25. The Kier molecular flexibility index (Phi) is 6.77. The molecule has 4 aromatic carbocycles. The van der Waals surface area contributed by atoms with Crippen LogP contribution in [0.1, 0.15) is 11.1 Å². The number of hydrogen-bond acceptors (Lipinski definition) is 3. The fraction of sp³-hybridized carbons (Fsp3) is 0.120. The zero-order valence-corrected chi connectivity index (χ0v) is 19.1. The van der Waals surface area contributed by atoms with Crippen molar-refractivity contribution in [3.8, 4) is 11.5 Å². The lowest BCUT2D eigenvalue weighted by atomic mass is 10.1. The fourth-order valence-corrected chi connectivity index (χ4v) is 4.03. The quantitative estimate of drug-likeness (QED) is 0.295. The first kappa shape index (κ1) is 21.6. The summed E-state index contributed by atoms with van der Waals surface area (Å²) in [6.07, 6.45) is 0.